The van der Waals surface area contributed by atoms with Crippen molar-refractivity contribution in [2.24, 2.45) is 10.7 Å². The van der Waals surface area contributed by atoms with E-state index in [1.54, 1.807) is 7.11 Å². The molecule has 5 heteroatoms. The van der Waals surface area contributed by atoms with Gasteiger partial charge in [-0.25, -0.2) is 4.79 Å². The molecule has 0 saturated heterocycles. The average Bonchev–Trinajstić information content (AvgIpc) is 2.35. The van der Waals surface area contributed by atoms with E-state index in [4.69, 9.17) is 15.6 Å². The fourth-order valence-corrected chi connectivity index (χ4v) is 1.15. The summed E-state index contributed by atoms with van der Waals surface area (Å²) in [5, 5.41) is 8.68. The number of carboxylic acids is 1. The minimum absolute atomic E-state index is 0.0292. The number of aliphatic carboxylic acids is 1. The second-order valence-electron chi connectivity index (χ2n) is 3.25. The molecule has 0 saturated carbocycles. The van der Waals surface area contributed by atoms with Crippen molar-refractivity contribution in [3.05, 3.63) is 41.6 Å². The molecule has 1 aromatic carbocycles. The number of hydrogen-bond donors (Lipinski definition) is 2. The van der Waals surface area contributed by atoms with Gasteiger partial charge < -0.3 is 15.6 Å². The van der Waals surface area contributed by atoms with Crippen LogP contribution in [0.15, 0.2) is 41.0 Å². The van der Waals surface area contributed by atoms with Crippen LogP contribution in [-0.2, 0) is 11.3 Å². The van der Waals surface area contributed by atoms with Crippen molar-refractivity contribution in [3.63, 3.8) is 0 Å². The first-order valence-corrected chi connectivity index (χ1v) is 4.95. The smallest absolute Gasteiger partial charge is 0.338 e. The van der Waals surface area contributed by atoms with Crippen molar-refractivity contribution >= 4 is 12.2 Å². The van der Waals surface area contributed by atoms with Crippen molar-refractivity contribution in [3.8, 4) is 5.75 Å². The lowest BCUT2D eigenvalue weighted by atomic mass is 10.2. The van der Waals surface area contributed by atoms with Crippen LogP contribution < -0.4 is 10.5 Å². The zero-order valence-corrected chi connectivity index (χ0v) is 9.46. The van der Waals surface area contributed by atoms with Gasteiger partial charge in [0.05, 0.1) is 19.2 Å². The summed E-state index contributed by atoms with van der Waals surface area (Å²) in [5.41, 5.74) is 6.07. The van der Waals surface area contributed by atoms with Crippen molar-refractivity contribution in [1.82, 2.24) is 0 Å². The molecule has 3 N–H and O–H groups in total. The second kappa shape index (κ2) is 6.32. The first-order chi connectivity index (χ1) is 8.17. The van der Waals surface area contributed by atoms with E-state index >= 15 is 0 Å². The third kappa shape index (κ3) is 3.98. The maximum atomic E-state index is 10.6. The number of ether oxygens (including phenoxy) is 1. The van der Waals surface area contributed by atoms with Crippen LogP contribution >= 0.6 is 0 Å². The molecule has 0 atom stereocenters. The van der Waals surface area contributed by atoms with Gasteiger partial charge in [-0.3, -0.25) is 4.99 Å². The number of benzene rings is 1. The van der Waals surface area contributed by atoms with Crippen molar-refractivity contribution in [1.29, 1.82) is 0 Å². The normalized spacial score (nSPS) is 11.7. The van der Waals surface area contributed by atoms with Gasteiger partial charge in [-0.15, -0.1) is 0 Å². The average molecular weight is 234 g/mol. The van der Waals surface area contributed by atoms with Crippen molar-refractivity contribution < 1.29 is 14.6 Å². The fraction of sp³-hybridized carbons (Fsp3) is 0.167. The summed E-state index contributed by atoms with van der Waals surface area (Å²) in [6.45, 7) is 0.397. The second-order valence-corrected chi connectivity index (χ2v) is 3.25. The minimum atomic E-state index is -1.09. The number of hydrogen-bond acceptors (Lipinski definition) is 4. The lowest BCUT2D eigenvalue weighted by Gasteiger charge is -2.00. The predicted octanol–water partition coefficient (Wildman–Crippen LogP) is 1.19. The topological polar surface area (TPSA) is 84.9 Å². The molecule has 0 radical (unpaired) electrons. The summed E-state index contributed by atoms with van der Waals surface area (Å²) in [4.78, 5) is 14.6. The number of nitrogens with two attached hydrogens (primary N) is 1. The first-order valence-electron chi connectivity index (χ1n) is 4.95. The third-order valence-electron chi connectivity index (χ3n) is 2.09. The van der Waals surface area contributed by atoms with Crippen LogP contribution in [0.3, 0.4) is 0 Å². The van der Waals surface area contributed by atoms with E-state index in [1.807, 2.05) is 24.3 Å². The number of nitrogens with zero attached hydrogens (tertiary/aromatic N) is 1. The Morgan fingerprint density at radius 3 is 2.59 bits per heavy atom. The van der Waals surface area contributed by atoms with Gasteiger partial charge >= 0.3 is 5.97 Å². The number of aliphatic imine (C=N–C) groups is 1. The molecule has 0 bridgehead atoms. The maximum absolute atomic E-state index is 10.6. The standard InChI is InChI=1S/C12H14N2O3/c1-17-11-4-2-9(3-5-11)7-14-8-10(6-13)12(15)16/h2-6,8H,7,13H2,1H3,(H,15,16). The van der Waals surface area contributed by atoms with E-state index in [9.17, 15) is 4.79 Å². The molecule has 0 amide bonds. The van der Waals surface area contributed by atoms with Crippen LogP contribution in [0.5, 0.6) is 5.75 Å². The van der Waals surface area contributed by atoms with Gasteiger partial charge in [0.25, 0.3) is 0 Å². The first kappa shape index (κ1) is 12.8. The van der Waals surface area contributed by atoms with Gasteiger partial charge in [0.15, 0.2) is 0 Å². The molecule has 0 aliphatic rings. The molecule has 1 rings (SSSR count). The lowest BCUT2D eigenvalue weighted by molar-refractivity contribution is -0.132. The van der Waals surface area contributed by atoms with Crippen LogP contribution in [0.2, 0.25) is 0 Å². The van der Waals surface area contributed by atoms with E-state index in [0.29, 0.717) is 6.54 Å². The van der Waals surface area contributed by atoms with Gasteiger partial charge in [0, 0.05) is 12.4 Å². The molecule has 90 valence electrons. The Hall–Kier alpha value is -2.30. The molecule has 0 aliphatic heterocycles. The van der Waals surface area contributed by atoms with Gasteiger partial charge in [-0.1, -0.05) is 12.1 Å². The molecule has 0 aromatic heterocycles. The number of carbonyl (C=O) groups is 1. The van der Waals surface area contributed by atoms with Crippen LogP contribution in [0.1, 0.15) is 5.56 Å². The van der Waals surface area contributed by atoms with E-state index in [1.165, 1.54) is 6.21 Å². The quantitative estimate of drug-likeness (QED) is 0.592. The molecule has 0 aliphatic carbocycles. The highest BCUT2D eigenvalue weighted by Crippen LogP contribution is 2.11. The molecule has 0 spiro atoms. The van der Waals surface area contributed by atoms with Crippen molar-refractivity contribution in [2.45, 2.75) is 6.54 Å². The van der Waals surface area contributed by atoms with E-state index in [2.05, 4.69) is 4.99 Å². The Kier molecular flexibility index (Phi) is 4.75. The zero-order chi connectivity index (χ0) is 12.7. The molecule has 17 heavy (non-hydrogen) atoms. The molecular weight excluding hydrogens is 220 g/mol. The van der Waals surface area contributed by atoms with Gasteiger partial charge in [0.2, 0.25) is 0 Å². The minimum Gasteiger partial charge on any atom is -0.497 e. The fourth-order valence-electron chi connectivity index (χ4n) is 1.15. The molecule has 0 fully saturated rings. The van der Waals surface area contributed by atoms with Gasteiger partial charge in [0.1, 0.15) is 5.75 Å². The maximum Gasteiger partial charge on any atom is 0.338 e. The summed E-state index contributed by atoms with van der Waals surface area (Å²) < 4.78 is 5.02. The Bertz CT molecular complexity index is 436. The Balaban J connectivity index is 2.60. The van der Waals surface area contributed by atoms with Crippen LogP contribution in [-0.4, -0.2) is 24.4 Å². The largest absolute Gasteiger partial charge is 0.497 e. The molecule has 1 aromatic rings. The molecule has 5 nitrogen and oxygen atoms in total. The Morgan fingerprint density at radius 2 is 2.12 bits per heavy atom. The Labute approximate surface area is 99.2 Å². The monoisotopic (exact) mass is 234 g/mol. The highest BCUT2D eigenvalue weighted by molar-refractivity contribution is 6.08. The van der Waals surface area contributed by atoms with Crippen LogP contribution in [0.25, 0.3) is 0 Å². The summed E-state index contributed by atoms with van der Waals surface area (Å²) in [6.07, 6.45) is 2.26. The van der Waals surface area contributed by atoms with E-state index < -0.39 is 5.97 Å². The third-order valence-corrected chi connectivity index (χ3v) is 2.09. The highest BCUT2D eigenvalue weighted by atomic mass is 16.5. The SMILES string of the molecule is COc1ccc(CN=CC(=CN)C(=O)O)cc1. The molecule has 0 heterocycles. The summed E-state index contributed by atoms with van der Waals surface area (Å²) in [5.74, 6) is -0.322. The number of methoxy groups -OCH3 is 1. The highest BCUT2D eigenvalue weighted by Gasteiger charge is 2.01. The predicted molar refractivity (Wildman–Crippen MR) is 65.1 cm³/mol. The van der Waals surface area contributed by atoms with Crippen LogP contribution in [0, 0.1) is 0 Å². The van der Waals surface area contributed by atoms with E-state index in [0.717, 1.165) is 17.5 Å². The van der Waals surface area contributed by atoms with Gasteiger partial charge in [-0.05, 0) is 17.7 Å². The zero-order valence-electron chi connectivity index (χ0n) is 9.46. The summed E-state index contributed by atoms with van der Waals surface area (Å²) in [7, 11) is 1.60. The van der Waals surface area contributed by atoms with E-state index in [-0.39, 0.29) is 5.57 Å². The van der Waals surface area contributed by atoms with Gasteiger partial charge in [-0.2, -0.15) is 0 Å². The molecular formula is C12H14N2O3. The lowest BCUT2D eigenvalue weighted by Crippen LogP contribution is -2.04. The number of rotatable bonds is 5. The van der Waals surface area contributed by atoms with Crippen molar-refractivity contribution in [2.75, 3.05) is 7.11 Å². The molecule has 0 unspecified atom stereocenters. The number of carboxylic acid groups (broad SMARTS) is 1. The Morgan fingerprint density at radius 1 is 1.47 bits per heavy atom. The summed E-state index contributed by atoms with van der Waals surface area (Å²) in [6, 6.07) is 7.37. The summed E-state index contributed by atoms with van der Waals surface area (Å²) >= 11 is 0. The van der Waals surface area contributed by atoms with Crippen LogP contribution in [0.4, 0.5) is 0 Å².